The molecule has 0 spiro atoms. The van der Waals surface area contributed by atoms with Crippen molar-refractivity contribution in [3.8, 4) is 28.6 Å². The van der Waals surface area contributed by atoms with Crippen LogP contribution in [0.4, 0.5) is 0 Å². The van der Waals surface area contributed by atoms with E-state index in [1.54, 1.807) is 26.4 Å². The summed E-state index contributed by atoms with van der Waals surface area (Å²) in [5, 5.41) is 21.3. The largest absolute Gasteiger partial charge is 0.497 e. The zero-order valence-electron chi connectivity index (χ0n) is 22.9. The summed E-state index contributed by atoms with van der Waals surface area (Å²) < 4.78 is 18.9. The van der Waals surface area contributed by atoms with Crippen molar-refractivity contribution in [1.82, 2.24) is 14.8 Å². The number of benzene rings is 4. The Morgan fingerprint density at radius 1 is 0.927 bits per heavy atom. The lowest BCUT2D eigenvalue weighted by Gasteiger charge is -2.13. The quantitative estimate of drug-likeness (QED) is 0.136. The molecular formula is C32H29N3O5S. The first-order valence-corrected chi connectivity index (χ1v) is 13.8. The van der Waals surface area contributed by atoms with Crippen LogP contribution in [0.25, 0.3) is 28.2 Å². The first kappa shape index (κ1) is 27.8. The number of hydrogen-bond acceptors (Lipinski definition) is 7. The molecule has 0 fully saturated rings. The van der Waals surface area contributed by atoms with Gasteiger partial charge in [-0.25, -0.2) is 4.79 Å². The normalized spacial score (nSPS) is 11.4. The van der Waals surface area contributed by atoms with Crippen molar-refractivity contribution in [3.63, 3.8) is 0 Å². The van der Waals surface area contributed by atoms with Gasteiger partial charge in [0.1, 0.15) is 28.8 Å². The van der Waals surface area contributed by atoms with Crippen molar-refractivity contribution in [2.45, 2.75) is 25.2 Å². The molecule has 0 saturated heterocycles. The summed E-state index contributed by atoms with van der Waals surface area (Å²) in [7, 11) is 3.17. The monoisotopic (exact) mass is 567 g/mol. The molecule has 5 aromatic rings. The summed E-state index contributed by atoms with van der Waals surface area (Å²) in [6.07, 6.45) is 1.65. The second-order valence-corrected chi connectivity index (χ2v) is 10.0. The number of ether oxygens (including phenoxy) is 3. The van der Waals surface area contributed by atoms with Crippen molar-refractivity contribution in [2.24, 2.45) is 0 Å². The number of rotatable bonds is 11. The Morgan fingerprint density at radius 3 is 2.32 bits per heavy atom. The maximum atomic E-state index is 12.6. The number of hydrogen-bond donors (Lipinski definition) is 1. The van der Waals surface area contributed by atoms with Crippen LogP contribution in [0.3, 0.4) is 0 Å². The maximum absolute atomic E-state index is 12.6. The minimum Gasteiger partial charge on any atom is -0.497 e. The third kappa shape index (κ3) is 6.20. The van der Waals surface area contributed by atoms with Gasteiger partial charge in [-0.2, -0.15) is 0 Å². The van der Waals surface area contributed by atoms with Gasteiger partial charge in [0.15, 0.2) is 11.0 Å². The second kappa shape index (κ2) is 12.6. The van der Waals surface area contributed by atoms with E-state index in [0.29, 0.717) is 46.9 Å². The molecule has 0 aliphatic heterocycles. The van der Waals surface area contributed by atoms with Crippen molar-refractivity contribution >= 4 is 34.6 Å². The number of carboxylic acids is 1. The van der Waals surface area contributed by atoms with E-state index in [-0.39, 0.29) is 4.91 Å². The van der Waals surface area contributed by atoms with Gasteiger partial charge in [-0.3, -0.25) is 0 Å². The Balaban J connectivity index is 1.54. The molecule has 8 nitrogen and oxygen atoms in total. The van der Waals surface area contributed by atoms with Crippen LogP contribution in [-0.4, -0.2) is 40.1 Å². The number of carbonyl (C=O) groups is 1. The summed E-state index contributed by atoms with van der Waals surface area (Å²) in [6, 6.07) is 27.0. The number of aliphatic carboxylic acids is 1. The second-order valence-electron chi connectivity index (χ2n) is 9.04. The number of fused-ring (bicyclic) bond motifs is 1. The molecule has 0 saturated carbocycles. The fourth-order valence-corrected chi connectivity index (χ4v) is 5.32. The molecule has 41 heavy (non-hydrogen) atoms. The van der Waals surface area contributed by atoms with Crippen LogP contribution in [-0.2, 0) is 17.9 Å². The van der Waals surface area contributed by atoms with E-state index in [1.807, 2.05) is 90.4 Å². The van der Waals surface area contributed by atoms with Crippen molar-refractivity contribution < 1.29 is 24.1 Å². The standard InChI is InChI=1S/C32H29N3O5S/c1-4-35-30(23-16-24(38-2)18-25(17-23)39-3)33-34-32(35)41-29(31(36)37)19-27-26-13-9-8-12-22(26)14-15-28(27)40-20-21-10-6-5-7-11-21/h5-19H,4,20H2,1-3H3,(H,36,37)/b29-19-. The van der Waals surface area contributed by atoms with Crippen LogP contribution in [0.2, 0.25) is 0 Å². The van der Waals surface area contributed by atoms with Crippen LogP contribution >= 0.6 is 11.8 Å². The number of thioether (sulfide) groups is 1. The molecule has 0 aliphatic carbocycles. The summed E-state index contributed by atoms with van der Waals surface area (Å²) in [4.78, 5) is 12.6. The maximum Gasteiger partial charge on any atom is 0.342 e. The van der Waals surface area contributed by atoms with Gasteiger partial charge in [-0.05, 0) is 59.3 Å². The highest BCUT2D eigenvalue weighted by Gasteiger charge is 2.20. The number of methoxy groups -OCH3 is 2. The van der Waals surface area contributed by atoms with Gasteiger partial charge in [-0.15, -0.1) is 10.2 Å². The fraction of sp³-hybridized carbons (Fsp3) is 0.156. The van der Waals surface area contributed by atoms with Gasteiger partial charge in [0.2, 0.25) is 0 Å². The van der Waals surface area contributed by atoms with E-state index < -0.39 is 5.97 Å². The van der Waals surface area contributed by atoms with E-state index in [9.17, 15) is 9.90 Å². The fourth-order valence-electron chi connectivity index (χ4n) is 4.45. The topological polar surface area (TPSA) is 95.7 Å². The van der Waals surface area contributed by atoms with Gasteiger partial charge in [0.05, 0.1) is 14.2 Å². The van der Waals surface area contributed by atoms with E-state index >= 15 is 0 Å². The van der Waals surface area contributed by atoms with Gasteiger partial charge in [-0.1, -0.05) is 60.7 Å². The third-order valence-corrected chi connectivity index (χ3v) is 7.50. The summed E-state index contributed by atoms with van der Waals surface area (Å²) in [5.41, 5.74) is 2.44. The zero-order valence-corrected chi connectivity index (χ0v) is 23.7. The molecule has 4 aromatic carbocycles. The molecule has 1 heterocycles. The molecule has 5 rings (SSSR count). The average molecular weight is 568 g/mol. The van der Waals surface area contributed by atoms with Gasteiger partial charge >= 0.3 is 5.97 Å². The van der Waals surface area contributed by atoms with Gasteiger partial charge in [0, 0.05) is 23.7 Å². The molecule has 0 aliphatic rings. The molecule has 1 aromatic heterocycles. The molecule has 0 radical (unpaired) electrons. The SMILES string of the molecule is CCn1c(S/C(=C\c2c(OCc3ccccc3)ccc3ccccc23)C(=O)O)nnc1-c1cc(OC)cc(OC)c1. The third-order valence-electron chi connectivity index (χ3n) is 6.50. The van der Waals surface area contributed by atoms with Crippen LogP contribution in [0.15, 0.2) is 95.0 Å². The highest BCUT2D eigenvalue weighted by molar-refractivity contribution is 8.04. The molecule has 208 valence electrons. The molecule has 0 atom stereocenters. The zero-order chi connectivity index (χ0) is 28.8. The van der Waals surface area contributed by atoms with E-state index in [1.165, 1.54) is 0 Å². The first-order chi connectivity index (χ1) is 20.0. The lowest BCUT2D eigenvalue weighted by molar-refractivity contribution is -0.131. The minimum atomic E-state index is -1.08. The highest BCUT2D eigenvalue weighted by Crippen LogP contribution is 2.36. The van der Waals surface area contributed by atoms with Crippen molar-refractivity contribution in [3.05, 3.63) is 101 Å². The highest BCUT2D eigenvalue weighted by atomic mass is 32.2. The molecule has 1 N–H and O–H groups in total. The first-order valence-electron chi connectivity index (χ1n) is 13.0. The van der Waals surface area contributed by atoms with Crippen LogP contribution in [0.1, 0.15) is 18.1 Å². The minimum absolute atomic E-state index is 0.0859. The summed E-state index contributed by atoms with van der Waals surface area (Å²) in [6.45, 7) is 2.84. The summed E-state index contributed by atoms with van der Waals surface area (Å²) in [5.74, 6) is 1.32. The van der Waals surface area contributed by atoms with Gasteiger partial charge < -0.3 is 23.9 Å². The Morgan fingerprint density at radius 2 is 1.63 bits per heavy atom. The Kier molecular flexibility index (Phi) is 8.55. The number of carboxylic acid groups (broad SMARTS) is 1. The van der Waals surface area contributed by atoms with Crippen molar-refractivity contribution in [2.75, 3.05) is 14.2 Å². The predicted octanol–water partition coefficient (Wildman–Crippen LogP) is 6.93. The van der Waals surface area contributed by atoms with E-state index in [2.05, 4.69) is 10.2 Å². The summed E-state index contributed by atoms with van der Waals surface area (Å²) >= 11 is 1.04. The molecule has 0 unspecified atom stereocenters. The smallest absolute Gasteiger partial charge is 0.342 e. The van der Waals surface area contributed by atoms with Crippen LogP contribution < -0.4 is 14.2 Å². The van der Waals surface area contributed by atoms with E-state index in [4.69, 9.17) is 14.2 Å². The Bertz CT molecular complexity index is 1690. The average Bonchev–Trinajstić information content (AvgIpc) is 3.42. The van der Waals surface area contributed by atoms with Crippen LogP contribution in [0, 0.1) is 0 Å². The van der Waals surface area contributed by atoms with E-state index in [0.717, 1.165) is 33.7 Å². The molecule has 0 bridgehead atoms. The predicted molar refractivity (Wildman–Crippen MR) is 160 cm³/mol. The Hall–Kier alpha value is -4.76. The Labute approximate surface area is 242 Å². The lowest BCUT2D eigenvalue weighted by atomic mass is 10.0. The molecule has 9 heteroatoms. The van der Waals surface area contributed by atoms with Crippen molar-refractivity contribution in [1.29, 1.82) is 0 Å². The molecular weight excluding hydrogens is 538 g/mol. The van der Waals surface area contributed by atoms with Gasteiger partial charge in [0.25, 0.3) is 0 Å². The lowest BCUT2D eigenvalue weighted by Crippen LogP contribution is -2.03. The number of nitrogens with zero attached hydrogens (tertiary/aromatic N) is 3. The van der Waals surface area contributed by atoms with Crippen LogP contribution in [0.5, 0.6) is 17.2 Å². The molecule has 0 amide bonds. The number of aromatic nitrogens is 3.